The minimum atomic E-state index is -1.40. The lowest BCUT2D eigenvalue weighted by molar-refractivity contribution is -0.117. The number of ketones is 1. The van der Waals surface area contributed by atoms with E-state index in [-0.39, 0.29) is 11.7 Å². The van der Waals surface area contributed by atoms with Crippen LogP contribution in [0.2, 0.25) is 0 Å². The highest BCUT2D eigenvalue weighted by atomic mass is 32.2. The summed E-state index contributed by atoms with van der Waals surface area (Å²) in [7, 11) is -1.40. The van der Waals surface area contributed by atoms with Gasteiger partial charge in [0.1, 0.15) is 0 Å². The molecule has 2 unspecified atom stereocenters. The number of nitrogens with one attached hydrogen (secondary N) is 1. The van der Waals surface area contributed by atoms with Gasteiger partial charge in [0.05, 0.1) is 16.8 Å². The summed E-state index contributed by atoms with van der Waals surface area (Å²) in [6.45, 7) is 3.32. The van der Waals surface area contributed by atoms with E-state index in [1.165, 1.54) is 6.92 Å². The first kappa shape index (κ1) is 18.0. The fourth-order valence-corrected chi connectivity index (χ4v) is 3.15. The molecule has 0 aliphatic heterocycles. The van der Waals surface area contributed by atoms with Gasteiger partial charge >= 0.3 is 0 Å². The average Bonchev–Trinajstić information content (AvgIpc) is 2.60. The third-order valence-corrected chi connectivity index (χ3v) is 4.95. The van der Waals surface area contributed by atoms with Gasteiger partial charge in [-0.1, -0.05) is 25.1 Å². The third-order valence-electron chi connectivity index (χ3n) is 3.57. The molecule has 3 N–H and O–H groups in total. The van der Waals surface area contributed by atoms with E-state index in [4.69, 9.17) is 5.73 Å². The number of hydrogen-bond donors (Lipinski definition) is 2. The van der Waals surface area contributed by atoms with Gasteiger partial charge in [-0.2, -0.15) is 0 Å². The molecule has 6 heteroatoms. The summed E-state index contributed by atoms with van der Waals surface area (Å²) in [6.07, 6.45) is 0.542. The molecule has 0 spiro atoms. The van der Waals surface area contributed by atoms with Crippen molar-refractivity contribution in [3.05, 3.63) is 54.1 Å². The molecule has 0 radical (unpaired) electrons. The number of carbonyl (C=O) groups is 2. The lowest BCUT2D eigenvalue weighted by atomic mass is 10.2. The van der Waals surface area contributed by atoms with Crippen molar-refractivity contribution in [1.29, 1.82) is 0 Å². The molecule has 0 aliphatic carbocycles. The molecule has 2 aromatic carbocycles. The summed E-state index contributed by atoms with van der Waals surface area (Å²) < 4.78 is 12.6. The number of nitrogens with two attached hydrogens (primary N) is 1. The van der Waals surface area contributed by atoms with E-state index in [0.717, 1.165) is 0 Å². The van der Waals surface area contributed by atoms with Gasteiger partial charge in [-0.05, 0) is 43.7 Å². The molecule has 126 valence electrons. The molecule has 0 saturated heterocycles. The smallest absolute Gasteiger partial charge is 0.241 e. The maximum Gasteiger partial charge on any atom is 0.241 e. The number of hydrogen-bond acceptors (Lipinski definition) is 4. The van der Waals surface area contributed by atoms with Crippen LogP contribution in [-0.4, -0.2) is 21.9 Å². The standard InChI is InChI=1S/C18H20N2O3S/c1-3-17(19)18(22)20-14-5-4-6-16(11-14)24(23)15-9-7-13(8-10-15)12(2)21/h4-11,17H,3,19H2,1-2H3,(H,20,22). The van der Waals surface area contributed by atoms with E-state index in [0.29, 0.717) is 27.5 Å². The number of benzene rings is 2. The first-order valence-corrected chi connectivity index (χ1v) is 8.76. The average molecular weight is 344 g/mol. The highest BCUT2D eigenvalue weighted by Crippen LogP contribution is 2.20. The maximum atomic E-state index is 12.6. The number of amides is 1. The van der Waals surface area contributed by atoms with Crippen molar-refractivity contribution in [2.75, 3.05) is 5.32 Å². The van der Waals surface area contributed by atoms with E-state index in [1.807, 2.05) is 6.92 Å². The van der Waals surface area contributed by atoms with Crippen LogP contribution in [0.5, 0.6) is 0 Å². The van der Waals surface area contributed by atoms with Gasteiger partial charge in [0.2, 0.25) is 5.91 Å². The third kappa shape index (κ3) is 4.37. The molecule has 0 aromatic heterocycles. The Morgan fingerprint density at radius 1 is 1.12 bits per heavy atom. The normalized spacial score (nSPS) is 13.1. The highest BCUT2D eigenvalue weighted by Gasteiger charge is 2.13. The van der Waals surface area contributed by atoms with Gasteiger partial charge < -0.3 is 11.1 Å². The first-order chi connectivity index (χ1) is 11.4. The van der Waals surface area contributed by atoms with Crippen LogP contribution in [0.1, 0.15) is 30.6 Å². The summed E-state index contributed by atoms with van der Waals surface area (Å²) in [4.78, 5) is 24.3. The van der Waals surface area contributed by atoms with E-state index < -0.39 is 16.8 Å². The summed E-state index contributed by atoms with van der Waals surface area (Å²) >= 11 is 0. The topological polar surface area (TPSA) is 89.3 Å². The summed E-state index contributed by atoms with van der Waals surface area (Å²) in [5, 5.41) is 2.72. The van der Waals surface area contributed by atoms with Gasteiger partial charge in [-0.3, -0.25) is 9.59 Å². The fourth-order valence-electron chi connectivity index (χ4n) is 2.06. The SMILES string of the molecule is CCC(N)C(=O)Nc1cccc(S(=O)c2ccc(C(C)=O)cc2)c1. The second-order valence-electron chi connectivity index (χ2n) is 5.38. The van der Waals surface area contributed by atoms with Crippen LogP contribution >= 0.6 is 0 Å². The van der Waals surface area contributed by atoms with Gasteiger partial charge in [-0.25, -0.2) is 4.21 Å². The number of carbonyl (C=O) groups excluding carboxylic acids is 2. The minimum Gasteiger partial charge on any atom is -0.325 e. The van der Waals surface area contributed by atoms with Crippen molar-refractivity contribution in [3.8, 4) is 0 Å². The van der Waals surface area contributed by atoms with Crippen LogP contribution in [-0.2, 0) is 15.6 Å². The quantitative estimate of drug-likeness (QED) is 0.789. The molecule has 2 rings (SSSR count). The second kappa shape index (κ2) is 7.99. The fraction of sp³-hybridized carbons (Fsp3) is 0.222. The van der Waals surface area contributed by atoms with Gasteiger partial charge in [-0.15, -0.1) is 0 Å². The van der Waals surface area contributed by atoms with E-state index in [2.05, 4.69) is 5.32 Å². The number of rotatable bonds is 6. The monoisotopic (exact) mass is 344 g/mol. The van der Waals surface area contributed by atoms with Crippen molar-refractivity contribution in [1.82, 2.24) is 0 Å². The lowest BCUT2D eigenvalue weighted by Crippen LogP contribution is -2.34. The summed E-state index contributed by atoms with van der Waals surface area (Å²) in [6, 6.07) is 12.9. The van der Waals surface area contributed by atoms with E-state index in [9.17, 15) is 13.8 Å². The van der Waals surface area contributed by atoms with Crippen LogP contribution < -0.4 is 11.1 Å². The second-order valence-corrected chi connectivity index (χ2v) is 6.86. The van der Waals surface area contributed by atoms with Crippen molar-refractivity contribution < 1.29 is 13.8 Å². The molecule has 0 bridgehead atoms. The van der Waals surface area contributed by atoms with Crippen molar-refractivity contribution in [3.63, 3.8) is 0 Å². The predicted octanol–water partition coefficient (Wildman–Crippen LogP) is 2.73. The Labute approximate surface area is 143 Å². The zero-order valence-electron chi connectivity index (χ0n) is 13.6. The van der Waals surface area contributed by atoms with Crippen LogP contribution in [0.15, 0.2) is 58.3 Å². The Bertz CT molecular complexity index is 772. The molecule has 0 fully saturated rings. The van der Waals surface area contributed by atoms with E-state index >= 15 is 0 Å². The number of Topliss-reactive ketones (excluding diaryl/α,β-unsaturated/α-hetero) is 1. The maximum absolute atomic E-state index is 12.6. The van der Waals surface area contributed by atoms with Crippen molar-refractivity contribution in [2.24, 2.45) is 5.73 Å². The van der Waals surface area contributed by atoms with Gasteiger partial charge in [0.15, 0.2) is 5.78 Å². The van der Waals surface area contributed by atoms with Crippen LogP contribution in [0.3, 0.4) is 0 Å². The zero-order chi connectivity index (χ0) is 17.7. The van der Waals surface area contributed by atoms with E-state index in [1.54, 1.807) is 48.5 Å². The molecular weight excluding hydrogens is 324 g/mol. The minimum absolute atomic E-state index is 0.0377. The summed E-state index contributed by atoms with van der Waals surface area (Å²) in [5.41, 5.74) is 6.82. The molecule has 5 nitrogen and oxygen atoms in total. The number of anilines is 1. The largest absolute Gasteiger partial charge is 0.325 e. The molecule has 0 heterocycles. The molecule has 0 aliphatic rings. The molecule has 2 atom stereocenters. The lowest BCUT2D eigenvalue weighted by Gasteiger charge is -2.11. The zero-order valence-corrected chi connectivity index (χ0v) is 14.4. The Morgan fingerprint density at radius 2 is 1.79 bits per heavy atom. The molecule has 1 amide bonds. The first-order valence-electron chi connectivity index (χ1n) is 7.61. The van der Waals surface area contributed by atoms with Crippen molar-refractivity contribution >= 4 is 28.2 Å². The highest BCUT2D eigenvalue weighted by molar-refractivity contribution is 7.85. The van der Waals surface area contributed by atoms with Crippen LogP contribution in [0.4, 0.5) is 5.69 Å². The van der Waals surface area contributed by atoms with Gasteiger partial charge in [0, 0.05) is 21.0 Å². The summed E-state index contributed by atoms with van der Waals surface area (Å²) in [5.74, 6) is -0.310. The Balaban J connectivity index is 2.19. The predicted molar refractivity (Wildman–Crippen MR) is 94.5 cm³/mol. The Hall–Kier alpha value is -2.31. The van der Waals surface area contributed by atoms with Crippen LogP contribution in [0, 0.1) is 0 Å². The molecule has 24 heavy (non-hydrogen) atoms. The Kier molecular flexibility index (Phi) is 6.00. The van der Waals surface area contributed by atoms with Crippen LogP contribution in [0.25, 0.3) is 0 Å². The molecule has 2 aromatic rings. The van der Waals surface area contributed by atoms with Gasteiger partial charge in [0.25, 0.3) is 0 Å². The Morgan fingerprint density at radius 3 is 2.38 bits per heavy atom. The molecular formula is C18H20N2O3S. The van der Waals surface area contributed by atoms with Crippen molar-refractivity contribution in [2.45, 2.75) is 36.1 Å². The molecule has 0 saturated carbocycles.